The first-order chi connectivity index (χ1) is 17.3. The zero-order valence-corrected chi connectivity index (χ0v) is 21.3. The molecule has 184 valence electrons. The van der Waals surface area contributed by atoms with Crippen molar-refractivity contribution < 1.29 is 24.1 Å². The standard InChI is InChI=1S/C26H22BrN3O6/c1-15-29-21-8-7-19(27)12-20(21)25(31)30(15)28-13-17-10-22(34-2)24(23(11-17)35-3)36-14-16-5-4-6-18(9-16)26(32)33/h4-13H,14H2,1-3H3,(H,32,33). The molecule has 0 bridgehead atoms. The summed E-state index contributed by atoms with van der Waals surface area (Å²) in [6.45, 7) is 1.81. The minimum atomic E-state index is -1.01. The topological polar surface area (TPSA) is 112 Å². The third kappa shape index (κ3) is 5.23. The van der Waals surface area contributed by atoms with E-state index in [2.05, 4.69) is 26.0 Å². The van der Waals surface area contributed by atoms with Gasteiger partial charge in [0.1, 0.15) is 12.4 Å². The number of fused-ring (bicyclic) bond motifs is 1. The van der Waals surface area contributed by atoms with Crippen molar-refractivity contribution in [3.05, 3.63) is 91.9 Å². The number of aromatic nitrogens is 2. The number of hydrogen-bond acceptors (Lipinski definition) is 7. The predicted molar refractivity (Wildman–Crippen MR) is 139 cm³/mol. The lowest BCUT2D eigenvalue weighted by molar-refractivity contribution is 0.0696. The normalized spacial score (nSPS) is 11.1. The summed E-state index contributed by atoms with van der Waals surface area (Å²) in [6, 6.07) is 15.2. The molecule has 4 aromatic rings. The van der Waals surface area contributed by atoms with Crippen LogP contribution >= 0.6 is 15.9 Å². The minimum absolute atomic E-state index is 0.105. The molecule has 3 aromatic carbocycles. The van der Waals surface area contributed by atoms with Gasteiger partial charge < -0.3 is 19.3 Å². The molecule has 1 N–H and O–H groups in total. The van der Waals surface area contributed by atoms with E-state index in [4.69, 9.17) is 14.2 Å². The summed E-state index contributed by atoms with van der Waals surface area (Å²) in [4.78, 5) is 28.7. The second kappa shape index (κ2) is 10.6. The molecular formula is C26H22BrN3O6. The van der Waals surface area contributed by atoms with Crippen molar-refractivity contribution in [3.63, 3.8) is 0 Å². The first-order valence-corrected chi connectivity index (χ1v) is 11.5. The zero-order valence-electron chi connectivity index (χ0n) is 19.7. The summed E-state index contributed by atoms with van der Waals surface area (Å²) in [5, 5.41) is 14.0. The van der Waals surface area contributed by atoms with E-state index in [-0.39, 0.29) is 17.7 Å². The number of rotatable bonds is 8. The van der Waals surface area contributed by atoms with E-state index >= 15 is 0 Å². The molecule has 0 unspecified atom stereocenters. The van der Waals surface area contributed by atoms with E-state index in [1.54, 1.807) is 49.4 Å². The summed E-state index contributed by atoms with van der Waals surface area (Å²) in [5.74, 6) is 0.542. The van der Waals surface area contributed by atoms with Gasteiger partial charge in [-0.05, 0) is 55.0 Å². The van der Waals surface area contributed by atoms with Crippen molar-refractivity contribution >= 4 is 39.0 Å². The van der Waals surface area contributed by atoms with Gasteiger partial charge in [0.25, 0.3) is 5.56 Å². The fourth-order valence-electron chi connectivity index (χ4n) is 3.59. The molecule has 0 aliphatic heterocycles. The number of carboxylic acids is 1. The van der Waals surface area contributed by atoms with E-state index in [0.717, 1.165) is 4.47 Å². The summed E-state index contributed by atoms with van der Waals surface area (Å²) in [6.07, 6.45) is 1.51. The molecule has 0 radical (unpaired) electrons. The van der Waals surface area contributed by atoms with Crippen LogP contribution in [0.2, 0.25) is 0 Å². The van der Waals surface area contributed by atoms with Crippen LogP contribution in [-0.4, -0.2) is 41.2 Å². The summed E-state index contributed by atoms with van der Waals surface area (Å²) >= 11 is 3.38. The highest BCUT2D eigenvalue weighted by atomic mass is 79.9. The molecule has 0 aliphatic rings. The number of aromatic carboxylic acids is 1. The van der Waals surface area contributed by atoms with Crippen molar-refractivity contribution in [2.75, 3.05) is 14.2 Å². The molecular weight excluding hydrogens is 530 g/mol. The number of methoxy groups -OCH3 is 2. The number of carbonyl (C=O) groups is 1. The average molecular weight is 552 g/mol. The molecule has 0 saturated carbocycles. The maximum atomic E-state index is 13.0. The van der Waals surface area contributed by atoms with Crippen LogP contribution in [0.3, 0.4) is 0 Å². The Labute approximate surface area is 214 Å². The molecule has 4 rings (SSSR count). The fraction of sp³-hybridized carbons (Fsp3) is 0.154. The van der Waals surface area contributed by atoms with Gasteiger partial charge in [0.2, 0.25) is 5.75 Å². The van der Waals surface area contributed by atoms with E-state index in [1.807, 2.05) is 6.07 Å². The van der Waals surface area contributed by atoms with E-state index in [0.29, 0.717) is 45.1 Å². The van der Waals surface area contributed by atoms with Gasteiger partial charge in [0, 0.05) is 10.0 Å². The lowest BCUT2D eigenvalue weighted by Crippen LogP contribution is -2.20. The Bertz CT molecular complexity index is 1520. The smallest absolute Gasteiger partial charge is 0.335 e. The maximum absolute atomic E-state index is 13.0. The number of hydrogen-bond donors (Lipinski definition) is 1. The Hall–Kier alpha value is -4.18. The third-order valence-electron chi connectivity index (χ3n) is 5.33. The van der Waals surface area contributed by atoms with Crippen LogP contribution in [0.15, 0.2) is 69.0 Å². The number of ether oxygens (including phenoxy) is 3. The van der Waals surface area contributed by atoms with Gasteiger partial charge in [-0.2, -0.15) is 9.78 Å². The van der Waals surface area contributed by atoms with E-state index in [9.17, 15) is 14.7 Å². The van der Waals surface area contributed by atoms with E-state index < -0.39 is 5.97 Å². The molecule has 0 amide bonds. The lowest BCUT2D eigenvalue weighted by atomic mass is 10.1. The number of benzene rings is 3. The second-order valence-electron chi connectivity index (χ2n) is 7.73. The Morgan fingerprint density at radius 2 is 1.83 bits per heavy atom. The Balaban J connectivity index is 1.65. The third-order valence-corrected chi connectivity index (χ3v) is 5.83. The fourth-order valence-corrected chi connectivity index (χ4v) is 3.95. The molecule has 0 fully saturated rings. The molecule has 1 heterocycles. The Morgan fingerprint density at radius 3 is 2.50 bits per heavy atom. The summed E-state index contributed by atoms with van der Waals surface area (Å²) in [7, 11) is 2.99. The Morgan fingerprint density at radius 1 is 1.11 bits per heavy atom. The van der Waals surface area contributed by atoms with Gasteiger partial charge in [-0.3, -0.25) is 4.79 Å². The molecule has 9 nitrogen and oxygen atoms in total. The van der Waals surface area contributed by atoms with Gasteiger partial charge >= 0.3 is 5.97 Å². The van der Waals surface area contributed by atoms with Crippen LogP contribution < -0.4 is 19.8 Å². The number of aryl methyl sites for hydroxylation is 1. The lowest BCUT2D eigenvalue weighted by Gasteiger charge is -2.15. The van der Waals surface area contributed by atoms with Gasteiger partial charge in [-0.15, -0.1) is 0 Å². The molecule has 1 aromatic heterocycles. The van der Waals surface area contributed by atoms with Crippen molar-refractivity contribution in [1.82, 2.24) is 9.66 Å². The molecule has 10 heteroatoms. The van der Waals surface area contributed by atoms with Crippen LogP contribution in [0.1, 0.15) is 27.3 Å². The van der Waals surface area contributed by atoms with Crippen LogP contribution in [0, 0.1) is 6.92 Å². The quantitative estimate of drug-likeness (QED) is 0.317. The monoisotopic (exact) mass is 551 g/mol. The second-order valence-corrected chi connectivity index (χ2v) is 8.65. The zero-order chi connectivity index (χ0) is 25.8. The highest BCUT2D eigenvalue weighted by Crippen LogP contribution is 2.38. The Kier molecular flexibility index (Phi) is 7.35. The minimum Gasteiger partial charge on any atom is -0.493 e. The van der Waals surface area contributed by atoms with Gasteiger partial charge in [0.05, 0.1) is 36.9 Å². The number of halogens is 1. The van der Waals surface area contributed by atoms with Crippen LogP contribution in [0.25, 0.3) is 10.9 Å². The van der Waals surface area contributed by atoms with Crippen LogP contribution in [0.4, 0.5) is 0 Å². The molecule has 36 heavy (non-hydrogen) atoms. The van der Waals surface area contributed by atoms with Crippen molar-refractivity contribution in [1.29, 1.82) is 0 Å². The summed E-state index contributed by atoms with van der Waals surface area (Å²) < 4.78 is 18.9. The molecule has 0 spiro atoms. The van der Waals surface area contributed by atoms with Crippen molar-refractivity contribution in [2.24, 2.45) is 5.10 Å². The average Bonchev–Trinajstić information content (AvgIpc) is 2.87. The highest BCUT2D eigenvalue weighted by Gasteiger charge is 2.15. The van der Waals surface area contributed by atoms with Crippen LogP contribution in [0.5, 0.6) is 17.2 Å². The van der Waals surface area contributed by atoms with Crippen molar-refractivity contribution in [2.45, 2.75) is 13.5 Å². The maximum Gasteiger partial charge on any atom is 0.335 e. The molecule has 0 atom stereocenters. The van der Waals surface area contributed by atoms with Gasteiger partial charge in [0.15, 0.2) is 11.5 Å². The predicted octanol–water partition coefficient (Wildman–Crippen LogP) is 4.64. The molecule has 0 saturated heterocycles. The van der Waals surface area contributed by atoms with Gasteiger partial charge in [-0.1, -0.05) is 28.1 Å². The largest absolute Gasteiger partial charge is 0.493 e. The molecule has 0 aliphatic carbocycles. The van der Waals surface area contributed by atoms with Crippen LogP contribution in [-0.2, 0) is 6.61 Å². The first kappa shape index (κ1) is 24.9. The highest BCUT2D eigenvalue weighted by molar-refractivity contribution is 9.10. The van der Waals surface area contributed by atoms with Gasteiger partial charge in [-0.25, -0.2) is 9.78 Å². The number of nitrogens with zero attached hydrogens (tertiary/aromatic N) is 3. The first-order valence-electron chi connectivity index (χ1n) is 10.7. The summed E-state index contributed by atoms with van der Waals surface area (Å²) in [5.41, 5.74) is 1.74. The van der Waals surface area contributed by atoms with Crippen molar-refractivity contribution in [3.8, 4) is 17.2 Å². The SMILES string of the molecule is COc1cc(C=Nn2c(C)nc3ccc(Br)cc3c2=O)cc(OC)c1OCc1cccc(C(=O)O)c1. The number of carboxylic acid groups (broad SMARTS) is 1. The van der Waals surface area contributed by atoms with E-state index in [1.165, 1.54) is 31.2 Å².